The van der Waals surface area contributed by atoms with Gasteiger partial charge in [0.05, 0.1) is 12.0 Å². The van der Waals surface area contributed by atoms with E-state index >= 15 is 0 Å². The number of hydrogen-bond donors (Lipinski definition) is 1. The van der Waals surface area contributed by atoms with Gasteiger partial charge in [0.2, 0.25) is 5.91 Å². The standard InChI is InChI=1S/C20H30N6O/c1-16-17(11-24(2)23-16)12-25-8-3-6-20(13-25)7-4-19(27)26(14-20)9-5-18-10-21-15-22-18/h10-11,15H,3-9,12-14H2,1-2H3,(H,21,22)/t20-/m1/s1. The van der Waals surface area contributed by atoms with Crippen molar-refractivity contribution in [1.29, 1.82) is 0 Å². The van der Waals surface area contributed by atoms with Crippen molar-refractivity contribution in [2.45, 2.75) is 45.6 Å². The van der Waals surface area contributed by atoms with E-state index in [-0.39, 0.29) is 5.41 Å². The lowest BCUT2D eigenvalue weighted by Crippen LogP contribution is -2.54. The molecule has 2 aromatic heterocycles. The minimum absolute atomic E-state index is 0.246. The predicted molar refractivity (Wildman–Crippen MR) is 103 cm³/mol. The molecule has 2 fully saturated rings. The average molecular weight is 371 g/mol. The minimum Gasteiger partial charge on any atom is -0.348 e. The normalized spacial score (nSPS) is 24.1. The molecular weight excluding hydrogens is 340 g/mol. The SMILES string of the molecule is Cc1nn(C)cc1CN1CCC[C@@]2(CCC(=O)N(CCc3cnc[nH]3)C2)C1. The van der Waals surface area contributed by atoms with Crippen LogP contribution in [0, 0.1) is 12.3 Å². The molecule has 2 aliphatic heterocycles. The number of hydrogen-bond acceptors (Lipinski definition) is 4. The molecule has 1 N–H and O–H groups in total. The van der Waals surface area contributed by atoms with E-state index in [1.165, 1.54) is 18.4 Å². The van der Waals surface area contributed by atoms with Gasteiger partial charge < -0.3 is 9.88 Å². The zero-order chi connectivity index (χ0) is 18.9. The molecule has 1 amide bonds. The van der Waals surface area contributed by atoms with Crippen LogP contribution in [0.1, 0.15) is 42.6 Å². The lowest BCUT2D eigenvalue weighted by molar-refractivity contribution is -0.139. The highest BCUT2D eigenvalue weighted by atomic mass is 16.2. The Morgan fingerprint density at radius 1 is 1.30 bits per heavy atom. The van der Waals surface area contributed by atoms with E-state index in [1.807, 2.05) is 17.9 Å². The second-order valence-corrected chi connectivity index (χ2v) is 8.37. The maximum Gasteiger partial charge on any atom is 0.222 e. The summed E-state index contributed by atoms with van der Waals surface area (Å²) in [6, 6.07) is 0. The highest BCUT2D eigenvalue weighted by Crippen LogP contribution is 2.39. The number of aryl methyl sites for hydroxylation is 2. The van der Waals surface area contributed by atoms with Gasteiger partial charge >= 0.3 is 0 Å². The molecule has 0 bridgehead atoms. The highest BCUT2D eigenvalue weighted by Gasteiger charge is 2.41. The van der Waals surface area contributed by atoms with Gasteiger partial charge in [-0.05, 0) is 32.7 Å². The number of carbonyl (C=O) groups excluding carboxylic acids is 1. The third-order valence-electron chi connectivity index (χ3n) is 6.20. The molecule has 0 aromatic carbocycles. The van der Waals surface area contributed by atoms with Crippen molar-refractivity contribution < 1.29 is 4.79 Å². The Bertz CT molecular complexity index is 783. The molecule has 7 nitrogen and oxygen atoms in total. The first-order valence-electron chi connectivity index (χ1n) is 10.00. The summed E-state index contributed by atoms with van der Waals surface area (Å²) in [4.78, 5) is 24.3. The Morgan fingerprint density at radius 2 is 2.19 bits per heavy atom. The van der Waals surface area contributed by atoms with E-state index in [2.05, 4.69) is 38.0 Å². The number of nitrogens with zero attached hydrogens (tertiary/aromatic N) is 5. The number of rotatable bonds is 5. The number of H-pyrrole nitrogens is 1. The van der Waals surface area contributed by atoms with Gasteiger partial charge in [-0.2, -0.15) is 5.10 Å². The molecule has 4 rings (SSSR count). The first-order chi connectivity index (χ1) is 13.0. The molecule has 1 spiro atoms. The zero-order valence-corrected chi connectivity index (χ0v) is 16.4. The van der Waals surface area contributed by atoms with Crippen molar-refractivity contribution >= 4 is 5.91 Å². The number of carbonyl (C=O) groups is 1. The van der Waals surface area contributed by atoms with Crippen LogP contribution in [0.2, 0.25) is 0 Å². The number of piperidine rings is 2. The van der Waals surface area contributed by atoms with Crippen LogP contribution >= 0.6 is 0 Å². The number of aromatic nitrogens is 4. The summed E-state index contributed by atoms with van der Waals surface area (Å²) in [5.41, 5.74) is 3.78. The molecule has 2 saturated heterocycles. The first kappa shape index (κ1) is 18.2. The number of nitrogens with one attached hydrogen (secondary N) is 1. The van der Waals surface area contributed by atoms with Crippen LogP contribution in [-0.2, 0) is 24.8 Å². The van der Waals surface area contributed by atoms with Crippen molar-refractivity contribution in [1.82, 2.24) is 29.5 Å². The number of amides is 1. The average Bonchev–Trinajstić information content (AvgIpc) is 3.26. The van der Waals surface area contributed by atoms with Gasteiger partial charge in [-0.3, -0.25) is 14.4 Å². The van der Waals surface area contributed by atoms with Gasteiger partial charge in [-0.15, -0.1) is 0 Å². The Kier molecular flexibility index (Phi) is 5.04. The van der Waals surface area contributed by atoms with Crippen LogP contribution in [-0.4, -0.2) is 61.6 Å². The maximum atomic E-state index is 12.5. The van der Waals surface area contributed by atoms with Gasteiger partial charge in [-0.25, -0.2) is 4.98 Å². The van der Waals surface area contributed by atoms with Gasteiger partial charge in [-0.1, -0.05) is 0 Å². The first-order valence-corrected chi connectivity index (χ1v) is 10.00. The van der Waals surface area contributed by atoms with E-state index in [0.717, 1.165) is 57.0 Å². The highest BCUT2D eigenvalue weighted by molar-refractivity contribution is 5.77. The largest absolute Gasteiger partial charge is 0.348 e. The van der Waals surface area contributed by atoms with E-state index in [4.69, 9.17) is 0 Å². The molecule has 2 aromatic rings. The molecule has 1 atom stereocenters. The molecule has 4 heterocycles. The lowest BCUT2D eigenvalue weighted by atomic mass is 9.73. The number of likely N-dealkylation sites (tertiary alicyclic amines) is 2. The summed E-state index contributed by atoms with van der Waals surface area (Å²) in [6.45, 7) is 6.94. The summed E-state index contributed by atoms with van der Waals surface area (Å²) in [5, 5.41) is 4.48. The van der Waals surface area contributed by atoms with Crippen LogP contribution < -0.4 is 0 Å². The van der Waals surface area contributed by atoms with E-state index < -0.39 is 0 Å². The Morgan fingerprint density at radius 3 is 2.93 bits per heavy atom. The molecule has 0 radical (unpaired) electrons. The summed E-state index contributed by atoms with van der Waals surface area (Å²) in [6.07, 6.45) is 10.7. The van der Waals surface area contributed by atoms with Crippen LogP contribution in [0.3, 0.4) is 0 Å². The Hall–Kier alpha value is -2.15. The Labute approximate surface area is 160 Å². The van der Waals surface area contributed by atoms with Crippen LogP contribution in [0.25, 0.3) is 0 Å². The molecule has 0 aliphatic carbocycles. The summed E-state index contributed by atoms with van der Waals surface area (Å²) < 4.78 is 1.90. The zero-order valence-electron chi connectivity index (χ0n) is 16.4. The number of aromatic amines is 1. The summed E-state index contributed by atoms with van der Waals surface area (Å²) >= 11 is 0. The topological polar surface area (TPSA) is 70.1 Å². The van der Waals surface area contributed by atoms with Crippen molar-refractivity contribution in [3.8, 4) is 0 Å². The molecule has 0 unspecified atom stereocenters. The van der Waals surface area contributed by atoms with Gasteiger partial charge in [0.15, 0.2) is 0 Å². The lowest BCUT2D eigenvalue weighted by Gasteiger charge is -2.48. The van der Waals surface area contributed by atoms with Gasteiger partial charge in [0, 0.05) is 75.1 Å². The van der Waals surface area contributed by atoms with Crippen molar-refractivity contribution in [3.05, 3.63) is 35.7 Å². The van der Waals surface area contributed by atoms with E-state index in [9.17, 15) is 4.79 Å². The third-order valence-corrected chi connectivity index (χ3v) is 6.20. The van der Waals surface area contributed by atoms with Crippen LogP contribution in [0.15, 0.2) is 18.7 Å². The van der Waals surface area contributed by atoms with Crippen molar-refractivity contribution in [2.75, 3.05) is 26.2 Å². The minimum atomic E-state index is 0.246. The predicted octanol–water partition coefficient (Wildman–Crippen LogP) is 1.90. The second-order valence-electron chi connectivity index (χ2n) is 8.37. The third kappa shape index (κ3) is 4.08. The number of imidazole rings is 1. The molecule has 146 valence electrons. The van der Waals surface area contributed by atoms with Gasteiger partial charge in [0.25, 0.3) is 0 Å². The molecular formula is C20H30N6O. The maximum absolute atomic E-state index is 12.5. The molecule has 7 heteroatoms. The Balaban J connectivity index is 1.40. The van der Waals surface area contributed by atoms with Crippen LogP contribution in [0.5, 0.6) is 0 Å². The quantitative estimate of drug-likeness (QED) is 0.873. The fraction of sp³-hybridized carbons (Fsp3) is 0.650. The monoisotopic (exact) mass is 370 g/mol. The summed E-state index contributed by atoms with van der Waals surface area (Å²) in [7, 11) is 1.98. The smallest absolute Gasteiger partial charge is 0.222 e. The second kappa shape index (κ2) is 7.46. The van der Waals surface area contributed by atoms with E-state index in [0.29, 0.717) is 12.3 Å². The van der Waals surface area contributed by atoms with E-state index in [1.54, 1.807) is 6.33 Å². The van der Waals surface area contributed by atoms with Crippen molar-refractivity contribution in [2.24, 2.45) is 12.5 Å². The van der Waals surface area contributed by atoms with Crippen LogP contribution in [0.4, 0.5) is 0 Å². The fourth-order valence-corrected chi connectivity index (χ4v) is 4.81. The molecule has 27 heavy (non-hydrogen) atoms. The fourth-order valence-electron chi connectivity index (χ4n) is 4.81. The van der Waals surface area contributed by atoms with Gasteiger partial charge in [0.1, 0.15) is 0 Å². The summed E-state index contributed by atoms with van der Waals surface area (Å²) in [5.74, 6) is 0.306. The van der Waals surface area contributed by atoms with Crippen molar-refractivity contribution in [3.63, 3.8) is 0 Å². The molecule has 0 saturated carbocycles. The molecule has 2 aliphatic rings.